The number of ketones is 1. The maximum Gasteiger partial charge on any atom is 0.274 e. The molecule has 4 heteroatoms. The molecule has 1 unspecified atom stereocenters. The van der Waals surface area contributed by atoms with Crippen LogP contribution in [0.3, 0.4) is 0 Å². The van der Waals surface area contributed by atoms with Gasteiger partial charge in [-0.3, -0.25) is 4.79 Å². The zero-order chi connectivity index (χ0) is 13.8. The molecule has 0 fully saturated rings. The number of nitrogens with zero attached hydrogens (tertiary/aromatic N) is 1. The van der Waals surface area contributed by atoms with Gasteiger partial charge in [0.15, 0.2) is 5.78 Å². The molecule has 1 heterocycles. The van der Waals surface area contributed by atoms with Crippen LogP contribution in [0.2, 0.25) is 0 Å². The van der Waals surface area contributed by atoms with Crippen LogP contribution < -0.4 is 0 Å². The van der Waals surface area contributed by atoms with Crippen molar-refractivity contribution >= 4 is 11.7 Å². The topological polar surface area (TPSA) is 47.9 Å². The van der Waals surface area contributed by atoms with Crippen molar-refractivity contribution in [3.63, 3.8) is 0 Å². The van der Waals surface area contributed by atoms with E-state index in [1.807, 2.05) is 48.5 Å². The van der Waals surface area contributed by atoms with Crippen LogP contribution in [0.25, 0.3) is 0 Å². The Morgan fingerprint density at radius 2 is 1.65 bits per heavy atom. The van der Waals surface area contributed by atoms with E-state index in [4.69, 9.17) is 9.57 Å². The summed E-state index contributed by atoms with van der Waals surface area (Å²) in [5.41, 5.74) is 1.48. The molecule has 1 aliphatic rings. The summed E-state index contributed by atoms with van der Waals surface area (Å²) in [7, 11) is 0. The minimum atomic E-state index is -0.655. The molecule has 1 atom stereocenters. The number of rotatable bonds is 4. The molecule has 0 amide bonds. The Kier molecular flexibility index (Phi) is 3.46. The van der Waals surface area contributed by atoms with Gasteiger partial charge in [0, 0.05) is 11.1 Å². The Labute approximate surface area is 116 Å². The molecule has 4 nitrogen and oxygen atoms in total. The SMILES string of the molecule is O=C(CC1ON=C(c2ccccc2)O1)c1ccccc1. The first-order valence-electron chi connectivity index (χ1n) is 6.37. The molecule has 2 aromatic carbocycles. The van der Waals surface area contributed by atoms with Gasteiger partial charge < -0.3 is 9.57 Å². The minimum Gasteiger partial charge on any atom is -0.432 e. The maximum absolute atomic E-state index is 12.0. The monoisotopic (exact) mass is 267 g/mol. The summed E-state index contributed by atoms with van der Waals surface area (Å²) in [4.78, 5) is 17.2. The lowest BCUT2D eigenvalue weighted by Gasteiger charge is -2.08. The Morgan fingerprint density at radius 1 is 1.00 bits per heavy atom. The number of benzene rings is 2. The quantitative estimate of drug-likeness (QED) is 0.800. The fourth-order valence-electron chi connectivity index (χ4n) is 1.95. The van der Waals surface area contributed by atoms with Gasteiger partial charge in [-0.25, -0.2) is 0 Å². The second-order valence-electron chi connectivity index (χ2n) is 4.41. The Hall–Kier alpha value is -2.62. The number of hydrogen-bond donors (Lipinski definition) is 0. The summed E-state index contributed by atoms with van der Waals surface area (Å²) < 4.78 is 5.55. The first kappa shape index (κ1) is 12.4. The van der Waals surface area contributed by atoms with Crippen molar-refractivity contribution in [3.05, 3.63) is 71.8 Å². The lowest BCUT2D eigenvalue weighted by atomic mass is 10.1. The van der Waals surface area contributed by atoms with E-state index in [1.165, 1.54) is 0 Å². The van der Waals surface area contributed by atoms with Crippen molar-refractivity contribution < 1.29 is 14.4 Å². The van der Waals surface area contributed by atoms with Crippen molar-refractivity contribution in [2.24, 2.45) is 5.16 Å². The molecule has 0 bridgehead atoms. The first-order valence-corrected chi connectivity index (χ1v) is 6.37. The molecule has 20 heavy (non-hydrogen) atoms. The summed E-state index contributed by atoms with van der Waals surface area (Å²) in [6.45, 7) is 0. The molecule has 3 rings (SSSR count). The zero-order valence-corrected chi connectivity index (χ0v) is 10.7. The highest BCUT2D eigenvalue weighted by Crippen LogP contribution is 2.17. The van der Waals surface area contributed by atoms with Gasteiger partial charge in [-0.1, -0.05) is 48.5 Å². The summed E-state index contributed by atoms with van der Waals surface area (Å²) in [5, 5.41) is 3.88. The predicted octanol–water partition coefficient (Wildman–Crippen LogP) is 2.99. The summed E-state index contributed by atoms with van der Waals surface area (Å²) >= 11 is 0. The minimum absolute atomic E-state index is 0.0277. The number of hydrogen-bond acceptors (Lipinski definition) is 4. The van der Waals surface area contributed by atoms with Crippen LogP contribution >= 0.6 is 0 Å². The number of Topliss-reactive ketones (excluding diaryl/α,β-unsaturated/α-hetero) is 1. The van der Waals surface area contributed by atoms with Crippen LogP contribution in [-0.4, -0.2) is 18.0 Å². The average molecular weight is 267 g/mol. The van der Waals surface area contributed by atoms with Crippen LogP contribution in [0.1, 0.15) is 22.3 Å². The third kappa shape index (κ3) is 2.69. The van der Waals surface area contributed by atoms with E-state index in [0.29, 0.717) is 11.5 Å². The zero-order valence-electron chi connectivity index (χ0n) is 10.7. The van der Waals surface area contributed by atoms with Crippen LogP contribution in [0, 0.1) is 0 Å². The summed E-state index contributed by atoms with van der Waals surface area (Å²) in [5.74, 6) is 0.386. The van der Waals surface area contributed by atoms with E-state index >= 15 is 0 Å². The normalized spacial score (nSPS) is 17.0. The largest absolute Gasteiger partial charge is 0.432 e. The number of oxime groups is 1. The average Bonchev–Trinajstić information content (AvgIpc) is 2.97. The van der Waals surface area contributed by atoms with E-state index in [2.05, 4.69) is 5.16 Å². The van der Waals surface area contributed by atoms with E-state index in [0.717, 1.165) is 5.56 Å². The van der Waals surface area contributed by atoms with Crippen LogP contribution in [-0.2, 0) is 9.57 Å². The van der Waals surface area contributed by atoms with Crippen LogP contribution in [0.5, 0.6) is 0 Å². The lowest BCUT2D eigenvalue weighted by molar-refractivity contribution is -0.0462. The highest BCUT2D eigenvalue weighted by Gasteiger charge is 2.26. The second kappa shape index (κ2) is 5.57. The number of carbonyl (C=O) groups is 1. The van der Waals surface area contributed by atoms with Gasteiger partial charge in [0.1, 0.15) is 0 Å². The van der Waals surface area contributed by atoms with Crippen molar-refractivity contribution in [2.45, 2.75) is 12.7 Å². The fraction of sp³-hybridized carbons (Fsp3) is 0.125. The molecule has 0 N–H and O–H groups in total. The Morgan fingerprint density at radius 3 is 2.35 bits per heavy atom. The van der Waals surface area contributed by atoms with Crippen molar-refractivity contribution in [3.8, 4) is 0 Å². The van der Waals surface area contributed by atoms with Crippen LogP contribution in [0.4, 0.5) is 0 Å². The number of carbonyl (C=O) groups excluding carboxylic acids is 1. The first-order chi connectivity index (χ1) is 9.83. The van der Waals surface area contributed by atoms with E-state index in [9.17, 15) is 4.79 Å². The smallest absolute Gasteiger partial charge is 0.274 e. The Bertz CT molecular complexity index is 623. The lowest BCUT2D eigenvalue weighted by Crippen LogP contribution is -2.17. The molecule has 100 valence electrons. The van der Waals surface area contributed by atoms with Crippen molar-refractivity contribution in [2.75, 3.05) is 0 Å². The molecule has 0 saturated carbocycles. The van der Waals surface area contributed by atoms with Gasteiger partial charge in [0.25, 0.3) is 12.2 Å². The molecule has 1 aliphatic heterocycles. The van der Waals surface area contributed by atoms with Gasteiger partial charge in [-0.05, 0) is 17.3 Å². The molecule has 0 radical (unpaired) electrons. The molecular formula is C16H13NO3. The molecular weight excluding hydrogens is 254 g/mol. The van der Waals surface area contributed by atoms with Crippen LogP contribution in [0.15, 0.2) is 65.8 Å². The van der Waals surface area contributed by atoms with E-state index in [-0.39, 0.29) is 12.2 Å². The third-order valence-electron chi connectivity index (χ3n) is 2.96. The molecule has 2 aromatic rings. The van der Waals surface area contributed by atoms with Gasteiger partial charge in [-0.2, -0.15) is 0 Å². The van der Waals surface area contributed by atoms with Crippen molar-refractivity contribution in [1.82, 2.24) is 0 Å². The van der Waals surface area contributed by atoms with Crippen molar-refractivity contribution in [1.29, 1.82) is 0 Å². The third-order valence-corrected chi connectivity index (χ3v) is 2.96. The predicted molar refractivity (Wildman–Crippen MR) is 74.3 cm³/mol. The summed E-state index contributed by atoms with van der Waals surface area (Å²) in [6, 6.07) is 18.5. The van der Waals surface area contributed by atoms with Gasteiger partial charge in [-0.15, -0.1) is 0 Å². The molecule has 0 spiro atoms. The van der Waals surface area contributed by atoms with Gasteiger partial charge >= 0.3 is 0 Å². The maximum atomic E-state index is 12.0. The Balaban J connectivity index is 1.61. The molecule has 0 saturated heterocycles. The van der Waals surface area contributed by atoms with Gasteiger partial charge in [0.05, 0.1) is 6.42 Å². The second-order valence-corrected chi connectivity index (χ2v) is 4.41. The van der Waals surface area contributed by atoms with E-state index < -0.39 is 6.29 Å². The molecule has 0 aliphatic carbocycles. The highest BCUT2D eigenvalue weighted by molar-refractivity contribution is 5.97. The highest BCUT2D eigenvalue weighted by atomic mass is 16.8. The fourth-order valence-corrected chi connectivity index (χ4v) is 1.95. The van der Waals surface area contributed by atoms with E-state index in [1.54, 1.807) is 12.1 Å². The number of ether oxygens (including phenoxy) is 1. The standard InChI is InChI=1S/C16H13NO3/c18-14(12-7-3-1-4-8-12)11-15-19-16(17-20-15)13-9-5-2-6-10-13/h1-10,15H,11H2. The summed E-state index contributed by atoms with van der Waals surface area (Å²) in [6.07, 6.45) is -0.512. The molecule has 0 aromatic heterocycles. The van der Waals surface area contributed by atoms with Gasteiger partial charge in [0.2, 0.25) is 0 Å².